The van der Waals surface area contributed by atoms with Crippen LogP contribution in [0.3, 0.4) is 0 Å². The Labute approximate surface area is 98.8 Å². The number of nitro groups is 1. The highest BCUT2D eigenvalue weighted by Crippen LogP contribution is 2.19. The SMILES string of the molecule is C=C(C)CS(=O)(=O)Oc1ccc([N+](=O)[O-])cc1. The lowest BCUT2D eigenvalue weighted by Crippen LogP contribution is -2.14. The van der Waals surface area contributed by atoms with Crippen LogP contribution in [0.15, 0.2) is 36.4 Å². The second-order valence-electron chi connectivity index (χ2n) is 3.49. The molecule has 1 rings (SSSR count). The van der Waals surface area contributed by atoms with E-state index >= 15 is 0 Å². The van der Waals surface area contributed by atoms with E-state index in [1.165, 1.54) is 24.3 Å². The molecule has 0 aliphatic heterocycles. The summed E-state index contributed by atoms with van der Waals surface area (Å²) in [7, 11) is -3.74. The number of non-ortho nitro benzene ring substituents is 1. The second-order valence-corrected chi connectivity index (χ2v) is 5.06. The quantitative estimate of drug-likeness (QED) is 0.348. The first-order valence-electron chi connectivity index (χ1n) is 4.61. The zero-order valence-corrected chi connectivity index (χ0v) is 9.94. The molecule has 0 aliphatic carbocycles. The third-order valence-electron chi connectivity index (χ3n) is 1.69. The van der Waals surface area contributed by atoms with Gasteiger partial charge in [-0.05, 0) is 19.1 Å². The van der Waals surface area contributed by atoms with Crippen molar-refractivity contribution in [2.45, 2.75) is 6.92 Å². The van der Waals surface area contributed by atoms with Gasteiger partial charge < -0.3 is 4.18 Å². The lowest BCUT2D eigenvalue weighted by Gasteiger charge is -2.06. The molecule has 0 unspecified atom stereocenters. The third kappa shape index (κ3) is 4.23. The Balaban J connectivity index is 2.82. The van der Waals surface area contributed by atoms with Gasteiger partial charge in [-0.3, -0.25) is 10.1 Å². The summed E-state index contributed by atoms with van der Waals surface area (Å²) in [6.45, 7) is 5.04. The Morgan fingerprint density at radius 3 is 2.35 bits per heavy atom. The molecule has 0 radical (unpaired) electrons. The monoisotopic (exact) mass is 257 g/mol. The Morgan fingerprint density at radius 2 is 1.94 bits per heavy atom. The average molecular weight is 257 g/mol. The third-order valence-corrected chi connectivity index (χ3v) is 2.99. The summed E-state index contributed by atoms with van der Waals surface area (Å²) in [4.78, 5) is 9.80. The van der Waals surface area contributed by atoms with E-state index in [9.17, 15) is 18.5 Å². The van der Waals surface area contributed by atoms with Crippen LogP contribution in [0, 0.1) is 10.1 Å². The number of nitro benzene ring substituents is 1. The van der Waals surface area contributed by atoms with Gasteiger partial charge >= 0.3 is 10.1 Å². The molecule has 0 N–H and O–H groups in total. The maximum atomic E-state index is 11.4. The molecule has 7 heteroatoms. The summed E-state index contributed by atoms with van der Waals surface area (Å²) < 4.78 is 27.6. The van der Waals surface area contributed by atoms with E-state index in [0.717, 1.165) is 0 Å². The molecule has 0 saturated heterocycles. The maximum Gasteiger partial charge on any atom is 0.313 e. The Bertz CT molecular complexity index is 532. The smallest absolute Gasteiger partial charge is 0.313 e. The Morgan fingerprint density at radius 1 is 1.41 bits per heavy atom. The van der Waals surface area contributed by atoms with Crippen LogP contribution in [-0.2, 0) is 10.1 Å². The molecule has 0 heterocycles. The first kappa shape index (κ1) is 13.2. The number of rotatable bonds is 5. The topological polar surface area (TPSA) is 86.5 Å². The normalized spacial score (nSPS) is 10.9. The lowest BCUT2D eigenvalue weighted by molar-refractivity contribution is -0.384. The van der Waals surface area contributed by atoms with Crippen molar-refractivity contribution >= 4 is 15.8 Å². The molecule has 0 aromatic heterocycles. The molecule has 6 nitrogen and oxygen atoms in total. The molecule has 0 amide bonds. The van der Waals surface area contributed by atoms with Gasteiger partial charge in [-0.15, -0.1) is 0 Å². The molecule has 0 saturated carbocycles. The van der Waals surface area contributed by atoms with Gasteiger partial charge in [0.2, 0.25) is 0 Å². The highest BCUT2D eigenvalue weighted by molar-refractivity contribution is 7.87. The van der Waals surface area contributed by atoms with E-state index in [2.05, 4.69) is 6.58 Å². The van der Waals surface area contributed by atoms with Gasteiger partial charge in [-0.25, -0.2) is 0 Å². The number of benzene rings is 1. The molecule has 1 aromatic rings. The van der Waals surface area contributed by atoms with Gasteiger partial charge in [0.05, 0.1) is 4.92 Å². The predicted molar refractivity (Wildman–Crippen MR) is 62.3 cm³/mol. The van der Waals surface area contributed by atoms with E-state index in [0.29, 0.717) is 5.57 Å². The van der Waals surface area contributed by atoms with Crippen LogP contribution in [0.4, 0.5) is 5.69 Å². The number of nitrogens with zero attached hydrogens (tertiary/aromatic N) is 1. The van der Waals surface area contributed by atoms with Crippen LogP contribution < -0.4 is 4.18 Å². The molecule has 0 aliphatic rings. The summed E-state index contributed by atoms with van der Waals surface area (Å²) in [5.74, 6) is -0.249. The molecule has 17 heavy (non-hydrogen) atoms. The van der Waals surface area contributed by atoms with Crippen LogP contribution in [0.5, 0.6) is 5.75 Å². The van der Waals surface area contributed by atoms with Crippen molar-refractivity contribution < 1.29 is 17.5 Å². The van der Waals surface area contributed by atoms with Crippen LogP contribution in [0.2, 0.25) is 0 Å². The van der Waals surface area contributed by atoms with Crippen molar-refractivity contribution in [1.29, 1.82) is 0 Å². The zero-order chi connectivity index (χ0) is 13.1. The van der Waals surface area contributed by atoms with Gasteiger partial charge in [0.1, 0.15) is 11.5 Å². The lowest BCUT2D eigenvalue weighted by atomic mass is 10.3. The molecule has 92 valence electrons. The summed E-state index contributed by atoms with van der Waals surface area (Å²) in [6.07, 6.45) is 0. The van der Waals surface area contributed by atoms with Gasteiger partial charge in [0.25, 0.3) is 5.69 Å². The minimum Gasteiger partial charge on any atom is -0.382 e. The second kappa shape index (κ2) is 4.96. The average Bonchev–Trinajstić information content (AvgIpc) is 2.15. The van der Waals surface area contributed by atoms with Gasteiger partial charge in [0.15, 0.2) is 0 Å². The Hall–Kier alpha value is -1.89. The van der Waals surface area contributed by atoms with E-state index in [-0.39, 0.29) is 17.2 Å². The van der Waals surface area contributed by atoms with E-state index in [1.807, 2.05) is 0 Å². The van der Waals surface area contributed by atoms with E-state index in [1.54, 1.807) is 6.92 Å². The van der Waals surface area contributed by atoms with Gasteiger partial charge in [-0.2, -0.15) is 8.42 Å². The predicted octanol–water partition coefficient (Wildman–Crippen LogP) is 1.88. The molecular formula is C10H11NO5S. The summed E-state index contributed by atoms with van der Waals surface area (Å²) in [6, 6.07) is 4.81. The fourth-order valence-corrected chi connectivity index (χ4v) is 2.17. The van der Waals surface area contributed by atoms with Gasteiger partial charge in [-0.1, -0.05) is 12.2 Å². The van der Waals surface area contributed by atoms with Crippen molar-refractivity contribution in [2.75, 3.05) is 5.75 Å². The van der Waals surface area contributed by atoms with Gasteiger partial charge in [0, 0.05) is 12.1 Å². The summed E-state index contributed by atoms with van der Waals surface area (Å²) in [5, 5.41) is 10.4. The van der Waals surface area contributed by atoms with Crippen molar-refractivity contribution in [1.82, 2.24) is 0 Å². The first-order chi connectivity index (χ1) is 7.80. The fourth-order valence-electron chi connectivity index (χ4n) is 1.10. The van der Waals surface area contributed by atoms with Crippen LogP contribution >= 0.6 is 0 Å². The van der Waals surface area contributed by atoms with Crippen molar-refractivity contribution in [3.05, 3.63) is 46.5 Å². The molecule has 1 aromatic carbocycles. The van der Waals surface area contributed by atoms with Crippen molar-refractivity contribution in [2.24, 2.45) is 0 Å². The van der Waals surface area contributed by atoms with E-state index < -0.39 is 15.0 Å². The number of hydrogen-bond acceptors (Lipinski definition) is 5. The maximum absolute atomic E-state index is 11.4. The van der Waals surface area contributed by atoms with Crippen LogP contribution in [0.25, 0.3) is 0 Å². The minimum atomic E-state index is -3.74. The largest absolute Gasteiger partial charge is 0.382 e. The van der Waals surface area contributed by atoms with Crippen LogP contribution in [0.1, 0.15) is 6.92 Å². The fraction of sp³-hybridized carbons (Fsp3) is 0.200. The highest BCUT2D eigenvalue weighted by Gasteiger charge is 2.13. The van der Waals surface area contributed by atoms with Crippen molar-refractivity contribution in [3.8, 4) is 5.75 Å². The van der Waals surface area contributed by atoms with Crippen LogP contribution in [-0.4, -0.2) is 19.1 Å². The zero-order valence-electron chi connectivity index (χ0n) is 9.12. The molecular weight excluding hydrogens is 246 g/mol. The number of hydrogen-bond donors (Lipinski definition) is 0. The highest BCUT2D eigenvalue weighted by atomic mass is 32.2. The molecule has 0 bridgehead atoms. The Kier molecular flexibility index (Phi) is 3.84. The molecule has 0 atom stereocenters. The minimum absolute atomic E-state index is 0.0388. The summed E-state index contributed by atoms with van der Waals surface area (Å²) >= 11 is 0. The molecule has 0 fully saturated rings. The summed E-state index contributed by atoms with van der Waals surface area (Å²) in [5.41, 5.74) is 0.321. The molecule has 0 spiro atoms. The first-order valence-corrected chi connectivity index (χ1v) is 6.19. The van der Waals surface area contributed by atoms with Crippen molar-refractivity contribution in [3.63, 3.8) is 0 Å². The van der Waals surface area contributed by atoms with E-state index in [4.69, 9.17) is 4.18 Å². The standard InChI is InChI=1S/C10H11NO5S/c1-8(2)7-17(14,15)16-10-5-3-9(4-6-10)11(12)13/h3-6H,1,7H2,2H3.